The van der Waals surface area contributed by atoms with E-state index in [2.05, 4.69) is 20.8 Å². The lowest BCUT2D eigenvalue weighted by Gasteiger charge is -2.40. The maximum atomic E-state index is 11.8. The smallest absolute Gasteiger partial charge is 0.314 e. The monoisotopic (exact) mass is 292 g/mol. The fraction of sp³-hybridized carbons (Fsp3) is 0.588. The van der Waals surface area contributed by atoms with E-state index in [9.17, 15) is 9.90 Å². The molecule has 0 unspecified atom stereocenters. The van der Waals surface area contributed by atoms with Crippen molar-refractivity contribution in [2.24, 2.45) is 0 Å². The molecule has 0 amide bonds. The third-order valence-electron chi connectivity index (χ3n) is 4.48. The predicted molar refractivity (Wildman–Crippen MR) is 81.4 cm³/mol. The summed E-state index contributed by atoms with van der Waals surface area (Å²) < 4.78 is 10.9. The van der Waals surface area contributed by atoms with Crippen LogP contribution < -0.4 is 9.47 Å². The molecule has 0 radical (unpaired) electrons. The van der Waals surface area contributed by atoms with Crippen LogP contribution in [0.1, 0.15) is 51.2 Å². The highest BCUT2D eigenvalue weighted by Crippen LogP contribution is 2.51. The second kappa shape index (κ2) is 5.24. The molecule has 1 aliphatic carbocycles. The van der Waals surface area contributed by atoms with Crippen LogP contribution >= 0.6 is 0 Å². The minimum atomic E-state index is -0.833. The number of methoxy groups -OCH3 is 2. The van der Waals surface area contributed by atoms with Gasteiger partial charge in [-0.15, -0.1) is 0 Å². The van der Waals surface area contributed by atoms with E-state index in [4.69, 9.17) is 9.47 Å². The fourth-order valence-electron chi connectivity index (χ4n) is 2.88. The molecule has 0 aliphatic heterocycles. The Morgan fingerprint density at radius 2 is 1.81 bits per heavy atom. The molecule has 0 saturated heterocycles. The first kappa shape index (κ1) is 15.7. The first-order valence-corrected chi connectivity index (χ1v) is 7.26. The first-order valence-electron chi connectivity index (χ1n) is 7.26. The van der Waals surface area contributed by atoms with Crippen LogP contribution in [-0.2, 0) is 15.6 Å². The Kier molecular flexibility index (Phi) is 3.91. The minimum Gasteiger partial charge on any atom is -0.493 e. The molecule has 0 bridgehead atoms. The number of carboxylic acid groups (broad SMARTS) is 1. The molecule has 0 aromatic heterocycles. The highest BCUT2D eigenvalue weighted by Gasteiger charge is 2.48. The van der Waals surface area contributed by atoms with Gasteiger partial charge >= 0.3 is 5.97 Å². The number of carboxylic acids is 1. The molecule has 116 valence electrons. The summed E-state index contributed by atoms with van der Waals surface area (Å²) in [6.07, 6.45) is 2.22. The number of ether oxygens (including phenoxy) is 2. The molecule has 1 aromatic carbocycles. The zero-order chi connectivity index (χ0) is 15.8. The molecular formula is C17H24O4. The van der Waals surface area contributed by atoms with Gasteiger partial charge in [0.2, 0.25) is 0 Å². The minimum absolute atomic E-state index is 0.0856. The highest BCUT2D eigenvalue weighted by molar-refractivity contribution is 5.84. The van der Waals surface area contributed by atoms with E-state index in [-0.39, 0.29) is 5.41 Å². The molecule has 1 saturated carbocycles. The second-order valence-electron chi connectivity index (χ2n) is 6.75. The molecule has 4 nitrogen and oxygen atoms in total. The van der Waals surface area contributed by atoms with Crippen molar-refractivity contribution in [1.82, 2.24) is 0 Å². The number of carbonyl (C=O) groups is 1. The van der Waals surface area contributed by atoms with Crippen molar-refractivity contribution in [2.75, 3.05) is 14.2 Å². The van der Waals surface area contributed by atoms with Gasteiger partial charge in [0.1, 0.15) is 0 Å². The van der Waals surface area contributed by atoms with E-state index < -0.39 is 11.4 Å². The van der Waals surface area contributed by atoms with E-state index in [0.29, 0.717) is 24.3 Å². The predicted octanol–water partition coefficient (Wildman–Crippen LogP) is 3.51. The van der Waals surface area contributed by atoms with Gasteiger partial charge < -0.3 is 14.6 Å². The standard InChI is InChI=1S/C17H24O4/c1-16(2,3)11-9-12(14(21-5)13(10-11)20-4)17(15(18)19)7-6-8-17/h9-10H,6-8H2,1-5H3,(H,18,19). The van der Waals surface area contributed by atoms with Crippen molar-refractivity contribution in [3.8, 4) is 11.5 Å². The average molecular weight is 292 g/mol. The Labute approximate surface area is 126 Å². The van der Waals surface area contributed by atoms with Gasteiger partial charge in [-0.2, -0.15) is 0 Å². The first-order chi connectivity index (χ1) is 9.76. The van der Waals surface area contributed by atoms with Crippen LogP contribution in [0, 0.1) is 0 Å². The van der Waals surface area contributed by atoms with Gasteiger partial charge in [0.15, 0.2) is 11.5 Å². The Morgan fingerprint density at radius 3 is 2.14 bits per heavy atom. The zero-order valence-corrected chi connectivity index (χ0v) is 13.4. The van der Waals surface area contributed by atoms with Crippen molar-refractivity contribution >= 4 is 5.97 Å². The maximum absolute atomic E-state index is 11.8. The number of benzene rings is 1. The lowest BCUT2D eigenvalue weighted by molar-refractivity contribution is -0.147. The SMILES string of the molecule is COc1cc(C(C)(C)C)cc(C2(C(=O)O)CCC2)c1OC. The summed E-state index contributed by atoms with van der Waals surface area (Å²) in [6, 6.07) is 3.92. The van der Waals surface area contributed by atoms with Crippen molar-refractivity contribution in [3.63, 3.8) is 0 Å². The van der Waals surface area contributed by atoms with Crippen molar-refractivity contribution in [3.05, 3.63) is 23.3 Å². The summed E-state index contributed by atoms with van der Waals surface area (Å²) in [4.78, 5) is 11.8. The summed E-state index contributed by atoms with van der Waals surface area (Å²) in [5, 5.41) is 9.72. The Balaban J connectivity index is 2.70. The topological polar surface area (TPSA) is 55.8 Å². The Morgan fingerprint density at radius 1 is 1.19 bits per heavy atom. The molecule has 1 aliphatic rings. The van der Waals surface area contributed by atoms with Crippen LogP contribution in [0.15, 0.2) is 12.1 Å². The fourth-order valence-corrected chi connectivity index (χ4v) is 2.88. The lowest BCUT2D eigenvalue weighted by atomic mass is 9.63. The summed E-state index contributed by atoms with van der Waals surface area (Å²) in [6.45, 7) is 6.31. The van der Waals surface area contributed by atoms with Crippen molar-refractivity contribution in [1.29, 1.82) is 0 Å². The maximum Gasteiger partial charge on any atom is 0.314 e. The van der Waals surface area contributed by atoms with E-state index in [1.165, 1.54) is 0 Å². The van der Waals surface area contributed by atoms with E-state index in [0.717, 1.165) is 17.5 Å². The molecule has 1 fully saturated rings. The van der Waals surface area contributed by atoms with Crippen LogP contribution in [0.25, 0.3) is 0 Å². The van der Waals surface area contributed by atoms with E-state index >= 15 is 0 Å². The number of rotatable bonds is 4. The van der Waals surface area contributed by atoms with Gasteiger partial charge in [-0.05, 0) is 29.9 Å². The van der Waals surface area contributed by atoms with E-state index in [1.54, 1.807) is 14.2 Å². The van der Waals surface area contributed by atoms with Crippen LogP contribution in [0.5, 0.6) is 11.5 Å². The van der Waals surface area contributed by atoms with Gasteiger partial charge in [0.25, 0.3) is 0 Å². The summed E-state index contributed by atoms with van der Waals surface area (Å²) in [7, 11) is 3.15. The van der Waals surface area contributed by atoms with Crippen LogP contribution in [0.3, 0.4) is 0 Å². The van der Waals surface area contributed by atoms with Gasteiger partial charge in [0, 0.05) is 5.56 Å². The quantitative estimate of drug-likeness (QED) is 0.922. The summed E-state index contributed by atoms with van der Waals surface area (Å²) in [5.41, 5.74) is 0.883. The third kappa shape index (κ3) is 2.47. The largest absolute Gasteiger partial charge is 0.493 e. The van der Waals surface area contributed by atoms with Gasteiger partial charge in [0.05, 0.1) is 19.6 Å². The molecule has 0 spiro atoms. The van der Waals surface area contributed by atoms with Crippen LogP contribution in [0.4, 0.5) is 0 Å². The number of hydrogen-bond acceptors (Lipinski definition) is 3. The normalized spacial score (nSPS) is 17.0. The molecule has 1 N–H and O–H groups in total. The van der Waals surface area contributed by atoms with Gasteiger partial charge in [-0.25, -0.2) is 0 Å². The van der Waals surface area contributed by atoms with Gasteiger partial charge in [-0.3, -0.25) is 4.79 Å². The Hall–Kier alpha value is -1.71. The highest BCUT2D eigenvalue weighted by atomic mass is 16.5. The molecule has 0 atom stereocenters. The summed E-state index contributed by atoms with van der Waals surface area (Å²) in [5.74, 6) is 0.375. The lowest BCUT2D eigenvalue weighted by Crippen LogP contribution is -2.42. The molecule has 4 heteroatoms. The molecule has 21 heavy (non-hydrogen) atoms. The van der Waals surface area contributed by atoms with Crippen molar-refractivity contribution in [2.45, 2.75) is 50.9 Å². The van der Waals surface area contributed by atoms with Crippen LogP contribution in [0.2, 0.25) is 0 Å². The molecule has 1 aromatic rings. The third-order valence-corrected chi connectivity index (χ3v) is 4.48. The van der Waals surface area contributed by atoms with Crippen LogP contribution in [-0.4, -0.2) is 25.3 Å². The Bertz CT molecular complexity index is 551. The second-order valence-corrected chi connectivity index (χ2v) is 6.75. The zero-order valence-electron chi connectivity index (χ0n) is 13.4. The average Bonchev–Trinajstić information content (AvgIpc) is 2.34. The molecular weight excluding hydrogens is 268 g/mol. The summed E-state index contributed by atoms with van der Waals surface area (Å²) >= 11 is 0. The van der Waals surface area contributed by atoms with Crippen molar-refractivity contribution < 1.29 is 19.4 Å². The number of hydrogen-bond donors (Lipinski definition) is 1. The van der Waals surface area contributed by atoms with Gasteiger partial charge in [-0.1, -0.05) is 33.3 Å². The number of aliphatic carboxylic acids is 1. The molecule has 0 heterocycles. The molecule has 2 rings (SSSR count). The van der Waals surface area contributed by atoms with E-state index in [1.807, 2.05) is 12.1 Å².